The first-order valence-electron chi connectivity index (χ1n) is 5.02. The number of fused-ring (bicyclic) bond motifs is 1. The molecular weight excluding hydrogens is 190 g/mol. The Hall–Kier alpha value is -1.71. The number of hydrogen-bond acceptors (Lipinski definition) is 3. The van der Waals surface area contributed by atoms with Crippen LogP contribution in [0, 0.1) is 5.92 Å². The first-order chi connectivity index (χ1) is 7.08. The Kier molecular flexibility index (Phi) is 2.26. The van der Waals surface area contributed by atoms with E-state index >= 15 is 0 Å². The Labute approximate surface area is 88.3 Å². The molecule has 0 saturated heterocycles. The van der Waals surface area contributed by atoms with Crippen molar-refractivity contribution in [3.8, 4) is 5.75 Å². The van der Waals surface area contributed by atoms with E-state index < -0.39 is 0 Å². The maximum absolute atomic E-state index is 9.32. The van der Waals surface area contributed by atoms with Gasteiger partial charge in [0, 0.05) is 12.6 Å². The second kappa shape index (κ2) is 3.46. The predicted octanol–water partition coefficient (Wildman–Crippen LogP) is 1.98. The molecule has 0 amide bonds. The van der Waals surface area contributed by atoms with Crippen LogP contribution in [0.5, 0.6) is 5.75 Å². The molecule has 0 aliphatic carbocycles. The topological polar surface area (TPSA) is 64.1 Å². The summed E-state index contributed by atoms with van der Waals surface area (Å²) in [7, 11) is 0. The molecule has 0 fully saturated rings. The number of nitrogen functional groups attached to an aromatic ring is 1. The van der Waals surface area contributed by atoms with Gasteiger partial charge >= 0.3 is 0 Å². The van der Waals surface area contributed by atoms with E-state index in [9.17, 15) is 5.11 Å². The number of hydrogen-bond donors (Lipinski definition) is 2. The largest absolute Gasteiger partial charge is 0.508 e. The quantitative estimate of drug-likeness (QED) is 0.788. The van der Waals surface area contributed by atoms with Crippen LogP contribution in [0.25, 0.3) is 11.0 Å². The van der Waals surface area contributed by atoms with Crippen molar-refractivity contribution in [1.29, 1.82) is 0 Å². The highest BCUT2D eigenvalue weighted by molar-refractivity contribution is 5.79. The molecule has 2 aromatic rings. The second-order valence-electron chi connectivity index (χ2n) is 4.15. The Balaban J connectivity index is 2.58. The molecule has 0 saturated carbocycles. The van der Waals surface area contributed by atoms with Gasteiger partial charge in [0.2, 0.25) is 5.95 Å². The SMILES string of the molecule is CC(C)Cn1c(N)nc2cc(O)ccc21. The Morgan fingerprint density at radius 2 is 2.20 bits per heavy atom. The minimum Gasteiger partial charge on any atom is -0.508 e. The third-order valence-corrected chi connectivity index (χ3v) is 2.31. The van der Waals surface area contributed by atoms with Gasteiger partial charge < -0.3 is 15.4 Å². The summed E-state index contributed by atoms with van der Waals surface area (Å²) in [4.78, 5) is 4.21. The van der Waals surface area contributed by atoms with Gasteiger partial charge in [0.1, 0.15) is 5.75 Å². The molecule has 0 aliphatic heterocycles. The summed E-state index contributed by atoms with van der Waals surface area (Å²) in [5.41, 5.74) is 7.54. The van der Waals surface area contributed by atoms with Gasteiger partial charge in [0.25, 0.3) is 0 Å². The normalized spacial score (nSPS) is 11.4. The molecule has 0 unspecified atom stereocenters. The first kappa shape index (κ1) is 9.83. The molecular formula is C11H15N3O. The van der Waals surface area contributed by atoms with Gasteiger partial charge in [0.15, 0.2) is 0 Å². The molecule has 0 aliphatic rings. The predicted molar refractivity (Wildman–Crippen MR) is 60.6 cm³/mol. The van der Waals surface area contributed by atoms with E-state index in [2.05, 4.69) is 18.8 Å². The van der Waals surface area contributed by atoms with Crippen LogP contribution in [0.1, 0.15) is 13.8 Å². The third-order valence-electron chi connectivity index (χ3n) is 2.31. The van der Waals surface area contributed by atoms with Gasteiger partial charge in [-0.2, -0.15) is 0 Å². The minimum atomic E-state index is 0.219. The van der Waals surface area contributed by atoms with Gasteiger partial charge in [0.05, 0.1) is 11.0 Å². The molecule has 4 heteroatoms. The number of nitrogens with two attached hydrogens (primary N) is 1. The first-order valence-corrected chi connectivity index (χ1v) is 5.02. The average Bonchev–Trinajstić information content (AvgIpc) is 2.41. The molecule has 3 N–H and O–H groups in total. The van der Waals surface area contributed by atoms with Crippen LogP contribution in [0.15, 0.2) is 18.2 Å². The molecule has 1 aromatic heterocycles. The fourth-order valence-electron chi connectivity index (χ4n) is 1.69. The molecule has 0 radical (unpaired) electrons. The van der Waals surface area contributed by atoms with E-state index in [1.54, 1.807) is 12.1 Å². The lowest BCUT2D eigenvalue weighted by Crippen LogP contribution is -2.07. The summed E-state index contributed by atoms with van der Waals surface area (Å²) in [5, 5.41) is 9.32. The van der Waals surface area contributed by atoms with Crippen molar-refractivity contribution < 1.29 is 5.11 Å². The number of imidazole rings is 1. The van der Waals surface area contributed by atoms with Gasteiger partial charge in [-0.3, -0.25) is 0 Å². The number of benzene rings is 1. The van der Waals surface area contributed by atoms with Crippen LogP contribution in [0.2, 0.25) is 0 Å². The molecule has 15 heavy (non-hydrogen) atoms. The molecule has 1 heterocycles. The summed E-state index contributed by atoms with van der Waals surface area (Å²) in [6.07, 6.45) is 0. The van der Waals surface area contributed by atoms with E-state index in [0.717, 1.165) is 17.6 Å². The van der Waals surface area contributed by atoms with Gasteiger partial charge in [-0.1, -0.05) is 13.8 Å². The number of rotatable bonds is 2. The Morgan fingerprint density at radius 1 is 1.47 bits per heavy atom. The van der Waals surface area contributed by atoms with E-state index in [1.807, 2.05) is 10.6 Å². The maximum atomic E-state index is 9.32. The zero-order chi connectivity index (χ0) is 11.0. The van der Waals surface area contributed by atoms with Gasteiger partial charge in [-0.25, -0.2) is 4.98 Å². The van der Waals surface area contributed by atoms with E-state index in [1.165, 1.54) is 0 Å². The Morgan fingerprint density at radius 3 is 2.87 bits per heavy atom. The Bertz CT molecular complexity index is 488. The molecule has 0 spiro atoms. The highest BCUT2D eigenvalue weighted by Crippen LogP contribution is 2.22. The molecule has 0 bridgehead atoms. The van der Waals surface area contributed by atoms with Crippen molar-refractivity contribution in [1.82, 2.24) is 9.55 Å². The van der Waals surface area contributed by atoms with Crippen LogP contribution in [-0.4, -0.2) is 14.7 Å². The zero-order valence-corrected chi connectivity index (χ0v) is 8.94. The van der Waals surface area contributed by atoms with E-state index in [0.29, 0.717) is 11.9 Å². The summed E-state index contributed by atoms with van der Waals surface area (Å²) in [6.45, 7) is 5.10. The minimum absolute atomic E-state index is 0.219. The van der Waals surface area contributed by atoms with Crippen molar-refractivity contribution in [2.24, 2.45) is 5.92 Å². The summed E-state index contributed by atoms with van der Waals surface area (Å²) >= 11 is 0. The molecule has 80 valence electrons. The van der Waals surface area contributed by atoms with Gasteiger partial charge in [-0.15, -0.1) is 0 Å². The zero-order valence-electron chi connectivity index (χ0n) is 8.94. The molecule has 2 rings (SSSR count). The lowest BCUT2D eigenvalue weighted by Gasteiger charge is -2.08. The van der Waals surface area contributed by atoms with Crippen molar-refractivity contribution in [2.45, 2.75) is 20.4 Å². The lowest BCUT2D eigenvalue weighted by molar-refractivity contribution is 0.476. The van der Waals surface area contributed by atoms with Crippen LogP contribution < -0.4 is 5.73 Å². The van der Waals surface area contributed by atoms with E-state index in [4.69, 9.17) is 5.73 Å². The summed E-state index contributed by atoms with van der Waals surface area (Å²) in [6, 6.07) is 5.12. The number of nitrogens with zero attached hydrogens (tertiary/aromatic N) is 2. The molecule has 1 aromatic carbocycles. The number of aromatic nitrogens is 2. The smallest absolute Gasteiger partial charge is 0.201 e. The number of phenols is 1. The average molecular weight is 205 g/mol. The fourth-order valence-corrected chi connectivity index (χ4v) is 1.69. The van der Waals surface area contributed by atoms with Gasteiger partial charge in [-0.05, 0) is 18.1 Å². The standard InChI is InChI=1S/C11H15N3O/c1-7(2)6-14-10-4-3-8(15)5-9(10)13-11(14)12/h3-5,7,15H,6H2,1-2H3,(H2,12,13). The molecule has 4 nitrogen and oxygen atoms in total. The van der Waals surface area contributed by atoms with Crippen molar-refractivity contribution in [3.63, 3.8) is 0 Å². The van der Waals surface area contributed by atoms with E-state index in [-0.39, 0.29) is 5.75 Å². The van der Waals surface area contributed by atoms with Crippen LogP contribution in [0.4, 0.5) is 5.95 Å². The molecule has 0 atom stereocenters. The van der Waals surface area contributed by atoms with Crippen molar-refractivity contribution in [3.05, 3.63) is 18.2 Å². The highest BCUT2D eigenvalue weighted by atomic mass is 16.3. The maximum Gasteiger partial charge on any atom is 0.201 e. The lowest BCUT2D eigenvalue weighted by atomic mass is 10.2. The number of aromatic hydroxyl groups is 1. The highest BCUT2D eigenvalue weighted by Gasteiger charge is 2.09. The van der Waals surface area contributed by atoms with Crippen LogP contribution >= 0.6 is 0 Å². The monoisotopic (exact) mass is 205 g/mol. The van der Waals surface area contributed by atoms with Crippen LogP contribution in [-0.2, 0) is 6.54 Å². The summed E-state index contributed by atoms with van der Waals surface area (Å²) < 4.78 is 1.97. The van der Waals surface area contributed by atoms with Crippen molar-refractivity contribution in [2.75, 3.05) is 5.73 Å². The fraction of sp³-hybridized carbons (Fsp3) is 0.364. The number of phenolic OH excluding ortho intramolecular Hbond substituents is 1. The van der Waals surface area contributed by atoms with Crippen LogP contribution in [0.3, 0.4) is 0 Å². The third kappa shape index (κ3) is 1.75. The number of anilines is 1. The van der Waals surface area contributed by atoms with Crippen molar-refractivity contribution >= 4 is 17.0 Å². The second-order valence-corrected chi connectivity index (χ2v) is 4.15. The summed E-state index contributed by atoms with van der Waals surface area (Å²) in [5.74, 6) is 1.24.